The van der Waals surface area contributed by atoms with Crippen LogP contribution in [-0.2, 0) is 14.4 Å². The van der Waals surface area contributed by atoms with Crippen molar-refractivity contribution in [3.8, 4) is 5.75 Å². The number of aromatic nitrogens is 1. The lowest BCUT2D eigenvalue weighted by Crippen LogP contribution is -2.50. The van der Waals surface area contributed by atoms with Gasteiger partial charge in [-0.15, -0.1) is 0 Å². The number of halogens is 1. The first-order valence-electron chi connectivity index (χ1n) is 12.3. The second-order valence-corrected chi connectivity index (χ2v) is 9.51. The van der Waals surface area contributed by atoms with Gasteiger partial charge < -0.3 is 19.9 Å². The molecule has 202 valence electrons. The van der Waals surface area contributed by atoms with Crippen molar-refractivity contribution in [3.05, 3.63) is 71.7 Å². The van der Waals surface area contributed by atoms with Crippen LogP contribution in [0.5, 0.6) is 5.75 Å². The minimum Gasteiger partial charge on any atom is -0.497 e. The van der Waals surface area contributed by atoms with Crippen LogP contribution in [0.4, 0.5) is 15.9 Å². The molecule has 0 bridgehead atoms. The molecule has 0 fully saturated rings. The topological polar surface area (TPSA) is 114 Å². The number of carbonyl (C=O) groups excluding carboxylic acids is 3. The molecule has 0 saturated carbocycles. The van der Waals surface area contributed by atoms with Gasteiger partial charge in [-0.2, -0.15) is 0 Å². The molecule has 3 aromatic rings. The van der Waals surface area contributed by atoms with E-state index in [0.29, 0.717) is 29.2 Å². The fourth-order valence-electron chi connectivity index (χ4n) is 3.70. The number of rotatable bonds is 11. The number of hydrogen-bond acceptors (Lipinski definition) is 6. The second kappa shape index (κ2) is 12.4. The molecule has 1 heterocycles. The molecule has 2 N–H and O–H groups in total. The fourth-order valence-corrected chi connectivity index (χ4v) is 3.70. The Kier molecular flexibility index (Phi) is 9.22. The lowest BCUT2D eigenvalue weighted by molar-refractivity contribution is -0.128. The van der Waals surface area contributed by atoms with Crippen LogP contribution in [0.2, 0.25) is 0 Å². The maximum absolute atomic E-state index is 13.8. The molecular formula is C28H33FN4O5. The molecule has 1 aromatic heterocycles. The van der Waals surface area contributed by atoms with Crippen molar-refractivity contribution >= 4 is 29.2 Å². The Balaban J connectivity index is 1.96. The van der Waals surface area contributed by atoms with Crippen molar-refractivity contribution in [3.63, 3.8) is 0 Å². The number of anilines is 2. The van der Waals surface area contributed by atoms with Crippen LogP contribution in [0.15, 0.2) is 59.1 Å². The standard InChI is InChI=1S/C28H33FN4O5/c1-6-28(3,4)31-27(36)26(19-7-13-22(37-5)14-8-19)33(21-11-9-20(29)10-12-21)25(35)16-15-24(34)30-23-17-18(2)38-32-23/h7-14,17,26H,6,15-16H2,1-5H3,(H,31,36)(H,30,32,34)/t26-/m0/s1. The van der Waals surface area contributed by atoms with Crippen molar-refractivity contribution in [1.29, 1.82) is 0 Å². The lowest BCUT2D eigenvalue weighted by Gasteiger charge is -2.34. The lowest BCUT2D eigenvalue weighted by atomic mass is 9.98. The predicted molar refractivity (Wildman–Crippen MR) is 141 cm³/mol. The SMILES string of the molecule is CCC(C)(C)NC(=O)[C@H](c1ccc(OC)cc1)N(C(=O)CCC(=O)Nc1cc(C)on1)c1ccc(F)cc1. The summed E-state index contributed by atoms with van der Waals surface area (Å²) < 4.78 is 24.0. The molecule has 0 saturated heterocycles. The van der Waals surface area contributed by atoms with Gasteiger partial charge in [0.15, 0.2) is 5.82 Å². The van der Waals surface area contributed by atoms with Crippen LogP contribution in [0, 0.1) is 12.7 Å². The summed E-state index contributed by atoms with van der Waals surface area (Å²) in [5, 5.41) is 9.32. The molecule has 2 aromatic carbocycles. The zero-order chi connectivity index (χ0) is 27.9. The summed E-state index contributed by atoms with van der Waals surface area (Å²) in [6.07, 6.45) is 0.275. The highest BCUT2D eigenvalue weighted by molar-refractivity contribution is 6.03. The number of hydrogen-bond donors (Lipinski definition) is 2. The van der Waals surface area contributed by atoms with E-state index in [4.69, 9.17) is 9.26 Å². The molecule has 3 rings (SSSR count). The van der Waals surface area contributed by atoms with E-state index in [9.17, 15) is 18.8 Å². The monoisotopic (exact) mass is 524 g/mol. The Morgan fingerprint density at radius 2 is 1.74 bits per heavy atom. The Morgan fingerprint density at radius 3 is 2.29 bits per heavy atom. The summed E-state index contributed by atoms with van der Waals surface area (Å²) >= 11 is 0. The van der Waals surface area contributed by atoms with E-state index in [-0.39, 0.29) is 18.7 Å². The first-order chi connectivity index (χ1) is 18.0. The quantitative estimate of drug-likeness (QED) is 0.368. The molecule has 9 nitrogen and oxygen atoms in total. The van der Waals surface area contributed by atoms with Crippen LogP contribution in [-0.4, -0.2) is 35.5 Å². The van der Waals surface area contributed by atoms with Crippen molar-refractivity contribution in [2.24, 2.45) is 0 Å². The molecule has 38 heavy (non-hydrogen) atoms. The molecule has 0 radical (unpaired) electrons. The number of nitrogens with zero attached hydrogens (tertiary/aromatic N) is 2. The molecule has 3 amide bonds. The number of aryl methyl sites for hydroxylation is 1. The van der Waals surface area contributed by atoms with Gasteiger partial charge in [0, 0.05) is 30.1 Å². The highest BCUT2D eigenvalue weighted by atomic mass is 19.1. The van der Waals surface area contributed by atoms with Gasteiger partial charge in [0.05, 0.1) is 7.11 Å². The highest BCUT2D eigenvalue weighted by Gasteiger charge is 2.35. The van der Waals surface area contributed by atoms with E-state index in [0.717, 1.165) is 0 Å². The van der Waals surface area contributed by atoms with E-state index in [1.54, 1.807) is 37.3 Å². The number of methoxy groups -OCH3 is 1. The molecule has 10 heteroatoms. The van der Waals surface area contributed by atoms with Gasteiger partial charge in [0.2, 0.25) is 17.7 Å². The normalized spacial score (nSPS) is 11.9. The van der Waals surface area contributed by atoms with Gasteiger partial charge in [-0.05, 0) is 69.2 Å². The van der Waals surface area contributed by atoms with E-state index < -0.39 is 35.1 Å². The van der Waals surface area contributed by atoms with Crippen LogP contribution < -0.4 is 20.3 Å². The zero-order valence-electron chi connectivity index (χ0n) is 22.2. The van der Waals surface area contributed by atoms with Crippen molar-refractivity contribution in [2.75, 3.05) is 17.3 Å². The first-order valence-corrected chi connectivity index (χ1v) is 12.3. The summed E-state index contributed by atoms with van der Waals surface area (Å²) in [6.45, 7) is 7.41. The van der Waals surface area contributed by atoms with Crippen LogP contribution in [0.1, 0.15) is 57.4 Å². The van der Waals surface area contributed by atoms with Crippen LogP contribution in [0.25, 0.3) is 0 Å². The average Bonchev–Trinajstić information content (AvgIpc) is 3.30. The number of ether oxygens (including phenoxy) is 1. The molecule has 0 unspecified atom stereocenters. The van der Waals surface area contributed by atoms with Gasteiger partial charge in [-0.1, -0.05) is 24.2 Å². The van der Waals surface area contributed by atoms with Gasteiger partial charge >= 0.3 is 0 Å². The third-order valence-electron chi connectivity index (χ3n) is 6.12. The molecule has 0 aliphatic carbocycles. The first kappa shape index (κ1) is 28.4. The van der Waals surface area contributed by atoms with Crippen molar-refractivity contribution in [2.45, 2.75) is 58.5 Å². The molecule has 0 aliphatic heterocycles. The third-order valence-corrected chi connectivity index (χ3v) is 6.12. The smallest absolute Gasteiger partial charge is 0.248 e. The van der Waals surface area contributed by atoms with Gasteiger partial charge in [0.1, 0.15) is 23.4 Å². The minimum atomic E-state index is -1.09. The minimum absolute atomic E-state index is 0.167. The van der Waals surface area contributed by atoms with Crippen LogP contribution in [0.3, 0.4) is 0 Å². The average molecular weight is 525 g/mol. The maximum Gasteiger partial charge on any atom is 0.248 e. The Hall–Kier alpha value is -4.21. The van der Waals surface area contributed by atoms with Gasteiger partial charge in [-0.25, -0.2) is 4.39 Å². The molecule has 0 aliphatic rings. The Bertz CT molecular complexity index is 1260. The molecule has 1 atom stereocenters. The Morgan fingerprint density at radius 1 is 1.08 bits per heavy atom. The summed E-state index contributed by atoms with van der Waals surface area (Å²) in [7, 11) is 1.53. The second-order valence-electron chi connectivity index (χ2n) is 9.51. The zero-order valence-corrected chi connectivity index (χ0v) is 22.2. The number of amides is 3. The summed E-state index contributed by atoms with van der Waals surface area (Å²) in [5.74, 6) is -0.476. The molecular weight excluding hydrogens is 491 g/mol. The highest BCUT2D eigenvalue weighted by Crippen LogP contribution is 2.31. The number of carbonyl (C=O) groups is 3. The predicted octanol–water partition coefficient (Wildman–Crippen LogP) is 4.93. The number of benzene rings is 2. The van der Waals surface area contributed by atoms with Gasteiger partial charge in [-0.3, -0.25) is 19.3 Å². The third kappa shape index (κ3) is 7.41. The van der Waals surface area contributed by atoms with Crippen LogP contribution >= 0.6 is 0 Å². The summed E-state index contributed by atoms with van der Waals surface area (Å²) in [6, 6.07) is 12.6. The van der Waals surface area contributed by atoms with E-state index >= 15 is 0 Å². The Labute approximate surface area is 221 Å². The fraction of sp³-hybridized carbons (Fsp3) is 0.357. The van der Waals surface area contributed by atoms with Crippen molar-refractivity contribution in [1.82, 2.24) is 10.5 Å². The van der Waals surface area contributed by atoms with Gasteiger partial charge in [0.25, 0.3) is 0 Å². The summed E-state index contributed by atoms with van der Waals surface area (Å²) in [4.78, 5) is 41.2. The van der Waals surface area contributed by atoms with E-state index in [1.165, 1.54) is 36.3 Å². The molecule has 0 spiro atoms. The van der Waals surface area contributed by atoms with E-state index in [1.807, 2.05) is 20.8 Å². The largest absolute Gasteiger partial charge is 0.497 e. The summed E-state index contributed by atoms with van der Waals surface area (Å²) in [5.41, 5.74) is 0.291. The number of nitrogens with one attached hydrogen (secondary N) is 2. The maximum atomic E-state index is 13.8. The van der Waals surface area contributed by atoms with E-state index in [2.05, 4.69) is 15.8 Å². The van der Waals surface area contributed by atoms with Crippen molar-refractivity contribution < 1.29 is 28.0 Å².